The number of halogens is 1. The zero-order valence-electron chi connectivity index (χ0n) is 20.0. The van der Waals surface area contributed by atoms with Gasteiger partial charge in [-0.3, -0.25) is 9.69 Å². The molecule has 0 bridgehead atoms. The fourth-order valence-electron chi connectivity index (χ4n) is 5.15. The minimum atomic E-state index is -1.10. The summed E-state index contributed by atoms with van der Waals surface area (Å²) in [7, 11) is 1.72. The van der Waals surface area contributed by atoms with E-state index >= 15 is 0 Å². The Kier molecular flexibility index (Phi) is 5.68. The molecule has 0 spiro atoms. The Balaban J connectivity index is 1.39. The summed E-state index contributed by atoms with van der Waals surface area (Å²) in [5.41, 5.74) is 2.99. The average molecular weight is 463 g/mol. The quantitative estimate of drug-likeness (QED) is 0.559. The van der Waals surface area contributed by atoms with Gasteiger partial charge in [-0.15, -0.1) is 0 Å². The van der Waals surface area contributed by atoms with E-state index < -0.39 is 5.67 Å². The van der Waals surface area contributed by atoms with Crippen LogP contribution in [0.4, 0.5) is 10.1 Å². The predicted molar refractivity (Wildman–Crippen MR) is 130 cm³/mol. The van der Waals surface area contributed by atoms with Crippen molar-refractivity contribution in [3.8, 4) is 6.07 Å². The average Bonchev–Trinajstić information content (AvgIpc) is 3.46. The monoisotopic (exact) mass is 462 g/mol. The lowest BCUT2D eigenvalue weighted by molar-refractivity contribution is 0.169. The molecule has 5 rings (SSSR count). The van der Waals surface area contributed by atoms with Gasteiger partial charge in [0.25, 0.3) is 5.56 Å². The maximum atomic E-state index is 14.4. The molecular weight excluding hydrogens is 431 g/mol. The van der Waals surface area contributed by atoms with Gasteiger partial charge in [0.15, 0.2) is 5.65 Å². The number of rotatable bonds is 6. The molecule has 3 heterocycles. The van der Waals surface area contributed by atoms with Crippen LogP contribution in [0.3, 0.4) is 0 Å². The van der Waals surface area contributed by atoms with E-state index in [2.05, 4.69) is 46.8 Å². The summed E-state index contributed by atoms with van der Waals surface area (Å²) in [5.74, 6) is 0. The number of benzene rings is 1. The number of piperazine rings is 1. The van der Waals surface area contributed by atoms with Gasteiger partial charge in [-0.25, -0.2) is 18.6 Å². The third-order valence-corrected chi connectivity index (χ3v) is 7.57. The fraction of sp³-hybridized carbons (Fsp3) is 0.500. The van der Waals surface area contributed by atoms with Crippen molar-refractivity contribution >= 4 is 11.3 Å². The molecule has 1 aliphatic heterocycles. The molecule has 8 heteroatoms. The highest BCUT2D eigenvalue weighted by molar-refractivity contribution is 5.69. The number of alkyl halides is 1. The maximum absolute atomic E-state index is 14.4. The fourth-order valence-corrected chi connectivity index (χ4v) is 5.15. The van der Waals surface area contributed by atoms with E-state index in [0.29, 0.717) is 24.2 Å². The van der Waals surface area contributed by atoms with E-state index in [-0.39, 0.29) is 24.1 Å². The predicted octanol–water partition coefficient (Wildman–Crippen LogP) is 3.72. The van der Waals surface area contributed by atoms with Crippen LogP contribution in [0.25, 0.3) is 5.65 Å². The minimum absolute atomic E-state index is 0.101. The molecule has 1 aromatic carbocycles. The summed E-state index contributed by atoms with van der Waals surface area (Å²) in [6.45, 7) is 6.86. The summed E-state index contributed by atoms with van der Waals surface area (Å²) >= 11 is 0. The zero-order chi connectivity index (χ0) is 24.0. The van der Waals surface area contributed by atoms with Gasteiger partial charge >= 0.3 is 0 Å². The van der Waals surface area contributed by atoms with Crippen LogP contribution in [0.1, 0.15) is 56.0 Å². The number of hydrogen-bond donors (Lipinski definition) is 0. The van der Waals surface area contributed by atoms with Gasteiger partial charge in [-0.05, 0) is 37.3 Å². The lowest BCUT2D eigenvalue weighted by Crippen LogP contribution is -2.54. The topological polar surface area (TPSA) is 69.6 Å². The van der Waals surface area contributed by atoms with Crippen LogP contribution in [0.15, 0.2) is 41.3 Å². The number of imidazole rings is 1. The zero-order valence-corrected chi connectivity index (χ0v) is 20.0. The van der Waals surface area contributed by atoms with Crippen molar-refractivity contribution in [1.82, 2.24) is 19.1 Å². The molecule has 0 radical (unpaired) electrons. The molecule has 0 amide bonds. The number of aryl methyl sites for hydroxylation is 1. The number of anilines is 1. The number of nitrogens with zero attached hydrogens (tertiary/aromatic N) is 6. The number of fused-ring (bicyclic) bond motifs is 1. The highest BCUT2D eigenvalue weighted by Crippen LogP contribution is 2.49. The molecule has 178 valence electrons. The van der Waals surface area contributed by atoms with E-state index in [1.54, 1.807) is 23.8 Å². The molecule has 2 unspecified atom stereocenters. The molecule has 3 aromatic rings. The standard InChI is InChI=1S/C26H31FN6O/c1-4-22-17-31(18(2)19-5-7-20(8-6-19)26(27)10-11-26)13-14-32(22)23-15-24(34)30(3)33-16-21(9-12-28)29-25(23)33/h5-8,15-16,18,22H,4,9-11,13-14,17H2,1-3H3. The van der Waals surface area contributed by atoms with Crippen LogP contribution < -0.4 is 10.5 Å². The molecule has 2 atom stereocenters. The molecule has 2 aliphatic rings. The molecule has 2 fully saturated rings. The van der Waals surface area contributed by atoms with Crippen LogP contribution in [0.5, 0.6) is 0 Å². The second-order valence-corrected chi connectivity index (χ2v) is 9.64. The van der Waals surface area contributed by atoms with E-state index in [1.165, 1.54) is 10.2 Å². The maximum Gasteiger partial charge on any atom is 0.267 e. The number of aromatic nitrogens is 3. The smallest absolute Gasteiger partial charge is 0.267 e. The first-order chi connectivity index (χ1) is 16.3. The summed E-state index contributed by atoms with van der Waals surface area (Å²) in [6, 6.07) is 12.3. The van der Waals surface area contributed by atoms with Gasteiger partial charge in [0.2, 0.25) is 0 Å². The highest BCUT2D eigenvalue weighted by Gasteiger charge is 2.44. The van der Waals surface area contributed by atoms with Crippen LogP contribution in [-0.2, 0) is 19.1 Å². The molecule has 2 aromatic heterocycles. The van der Waals surface area contributed by atoms with Crippen LogP contribution >= 0.6 is 0 Å². The second-order valence-electron chi connectivity index (χ2n) is 9.64. The molecule has 1 saturated heterocycles. The molecule has 34 heavy (non-hydrogen) atoms. The summed E-state index contributed by atoms with van der Waals surface area (Å²) in [5, 5.41) is 9.10. The summed E-state index contributed by atoms with van der Waals surface area (Å²) in [6.07, 6.45) is 4.17. The van der Waals surface area contributed by atoms with Crippen molar-refractivity contribution in [3.63, 3.8) is 0 Å². The van der Waals surface area contributed by atoms with Crippen LogP contribution in [0, 0.1) is 11.3 Å². The normalized spacial score (nSPS) is 20.9. The third kappa shape index (κ3) is 3.88. The van der Waals surface area contributed by atoms with E-state index in [9.17, 15) is 9.18 Å². The Morgan fingerprint density at radius 2 is 2.00 bits per heavy atom. The Labute approximate surface area is 199 Å². The molecule has 0 N–H and O–H groups in total. The Hall–Kier alpha value is -3.18. The Morgan fingerprint density at radius 3 is 2.65 bits per heavy atom. The van der Waals surface area contributed by atoms with Crippen molar-refractivity contribution in [2.45, 2.75) is 57.3 Å². The number of hydrogen-bond acceptors (Lipinski definition) is 5. The number of nitriles is 1. The first-order valence-electron chi connectivity index (χ1n) is 12.1. The third-order valence-electron chi connectivity index (χ3n) is 7.57. The summed E-state index contributed by atoms with van der Waals surface area (Å²) < 4.78 is 17.6. The van der Waals surface area contributed by atoms with E-state index in [4.69, 9.17) is 5.26 Å². The van der Waals surface area contributed by atoms with Gasteiger partial charge in [-0.2, -0.15) is 5.26 Å². The van der Waals surface area contributed by atoms with Crippen molar-refractivity contribution in [1.29, 1.82) is 5.26 Å². The summed E-state index contributed by atoms with van der Waals surface area (Å²) in [4.78, 5) is 22.1. The van der Waals surface area contributed by atoms with Crippen molar-refractivity contribution in [3.05, 3.63) is 63.7 Å². The van der Waals surface area contributed by atoms with Crippen LogP contribution in [-0.4, -0.2) is 44.8 Å². The highest BCUT2D eigenvalue weighted by atomic mass is 19.1. The van der Waals surface area contributed by atoms with E-state index in [1.807, 2.05) is 12.1 Å². The van der Waals surface area contributed by atoms with Gasteiger partial charge in [-0.1, -0.05) is 31.2 Å². The second kappa shape index (κ2) is 8.55. The van der Waals surface area contributed by atoms with E-state index in [0.717, 1.165) is 37.3 Å². The van der Waals surface area contributed by atoms with Gasteiger partial charge < -0.3 is 4.90 Å². The molecule has 1 aliphatic carbocycles. The first kappa shape index (κ1) is 22.6. The Morgan fingerprint density at radius 1 is 1.26 bits per heavy atom. The first-order valence-corrected chi connectivity index (χ1v) is 12.1. The lowest BCUT2D eigenvalue weighted by Gasteiger charge is -2.44. The van der Waals surface area contributed by atoms with Gasteiger partial charge in [0, 0.05) is 44.8 Å². The largest absolute Gasteiger partial charge is 0.363 e. The Bertz CT molecular complexity index is 1300. The lowest BCUT2D eigenvalue weighted by atomic mass is 10.00. The van der Waals surface area contributed by atoms with Gasteiger partial charge in [0.1, 0.15) is 5.67 Å². The van der Waals surface area contributed by atoms with Crippen molar-refractivity contribution in [2.24, 2.45) is 7.05 Å². The van der Waals surface area contributed by atoms with Crippen LogP contribution in [0.2, 0.25) is 0 Å². The minimum Gasteiger partial charge on any atom is -0.363 e. The van der Waals surface area contributed by atoms with Crippen molar-refractivity contribution in [2.75, 3.05) is 24.5 Å². The molecule has 7 nitrogen and oxygen atoms in total. The SMILES string of the molecule is CCC1CN(C(C)c2ccc(C3(F)CC3)cc2)CCN1c1cc(=O)n(C)n2cc(CC#N)nc12. The molecular formula is C26H31FN6O. The molecule has 1 saturated carbocycles. The van der Waals surface area contributed by atoms with Crippen molar-refractivity contribution < 1.29 is 4.39 Å². The van der Waals surface area contributed by atoms with Gasteiger partial charge in [0.05, 0.1) is 30.1 Å².